The van der Waals surface area contributed by atoms with Crippen LogP contribution >= 0.6 is 0 Å². The fourth-order valence-corrected chi connectivity index (χ4v) is 1.88. The number of morpholine rings is 1. The lowest BCUT2D eigenvalue weighted by atomic mass is 10.2. The average Bonchev–Trinajstić information content (AvgIpc) is 2.40. The molecule has 1 saturated heterocycles. The van der Waals surface area contributed by atoms with Crippen LogP contribution in [0.5, 0.6) is 0 Å². The summed E-state index contributed by atoms with van der Waals surface area (Å²) >= 11 is 0. The van der Waals surface area contributed by atoms with Gasteiger partial charge in [-0.3, -0.25) is 14.9 Å². The molecule has 1 amide bonds. The van der Waals surface area contributed by atoms with Crippen molar-refractivity contribution in [2.45, 2.75) is 12.5 Å². The van der Waals surface area contributed by atoms with Crippen molar-refractivity contribution in [3.63, 3.8) is 0 Å². The first-order valence-corrected chi connectivity index (χ1v) is 6.00. The lowest BCUT2D eigenvalue weighted by molar-refractivity contribution is -0.384. The predicted molar refractivity (Wildman–Crippen MR) is 69.0 cm³/mol. The highest BCUT2D eigenvalue weighted by Crippen LogP contribution is 2.17. The van der Waals surface area contributed by atoms with Crippen LogP contribution < -0.4 is 10.6 Å². The van der Waals surface area contributed by atoms with E-state index in [2.05, 4.69) is 10.6 Å². The van der Waals surface area contributed by atoms with E-state index in [1.807, 2.05) is 0 Å². The normalized spacial score (nSPS) is 18.8. The lowest BCUT2D eigenvalue weighted by Crippen LogP contribution is -2.43. The van der Waals surface area contributed by atoms with Gasteiger partial charge >= 0.3 is 0 Å². The molecule has 2 rings (SSSR count). The number of ether oxygens (including phenoxy) is 1. The zero-order valence-electron chi connectivity index (χ0n) is 10.3. The van der Waals surface area contributed by atoms with Crippen LogP contribution in [0, 0.1) is 10.1 Å². The molecule has 1 aliphatic rings. The van der Waals surface area contributed by atoms with Crippen LogP contribution in [0.3, 0.4) is 0 Å². The third-order valence-electron chi connectivity index (χ3n) is 2.77. The zero-order chi connectivity index (χ0) is 13.7. The number of carbonyl (C=O) groups excluding carboxylic acids is 1. The number of nitro groups is 1. The summed E-state index contributed by atoms with van der Waals surface area (Å²) in [7, 11) is 0. The van der Waals surface area contributed by atoms with Gasteiger partial charge in [0, 0.05) is 36.8 Å². The molecule has 0 aliphatic carbocycles. The van der Waals surface area contributed by atoms with Crippen molar-refractivity contribution in [3.8, 4) is 0 Å². The van der Waals surface area contributed by atoms with E-state index in [-0.39, 0.29) is 24.1 Å². The van der Waals surface area contributed by atoms with Crippen LogP contribution in [0.25, 0.3) is 0 Å². The Hall–Kier alpha value is -1.99. The highest BCUT2D eigenvalue weighted by atomic mass is 16.6. The summed E-state index contributed by atoms with van der Waals surface area (Å²) in [5, 5.41) is 16.4. The van der Waals surface area contributed by atoms with Gasteiger partial charge in [-0.05, 0) is 6.07 Å². The van der Waals surface area contributed by atoms with Crippen LogP contribution in [-0.4, -0.2) is 36.6 Å². The van der Waals surface area contributed by atoms with Crippen molar-refractivity contribution in [3.05, 3.63) is 34.4 Å². The van der Waals surface area contributed by atoms with E-state index in [0.29, 0.717) is 18.9 Å². The number of hydrogen-bond donors (Lipinski definition) is 2. The molecule has 2 N–H and O–H groups in total. The third kappa shape index (κ3) is 4.01. The van der Waals surface area contributed by atoms with Crippen LogP contribution in [0.15, 0.2) is 24.3 Å². The van der Waals surface area contributed by atoms with E-state index < -0.39 is 4.92 Å². The van der Waals surface area contributed by atoms with Gasteiger partial charge < -0.3 is 15.4 Å². The number of hydrogen-bond acceptors (Lipinski definition) is 5. The average molecular weight is 265 g/mol. The fraction of sp³-hybridized carbons (Fsp3) is 0.417. The van der Waals surface area contributed by atoms with E-state index >= 15 is 0 Å². The molecular weight excluding hydrogens is 250 g/mol. The molecule has 19 heavy (non-hydrogen) atoms. The Bertz CT molecular complexity index is 472. The Morgan fingerprint density at radius 3 is 3.11 bits per heavy atom. The summed E-state index contributed by atoms with van der Waals surface area (Å²) in [6.45, 7) is 1.89. The second-order valence-electron chi connectivity index (χ2n) is 4.29. The number of nitrogens with zero attached hydrogens (tertiary/aromatic N) is 1. The molecule has 1 fully saturated rings. The van der Waals surface area contributed by atoms with Crippen molar-refractivity contribution >= 4 is 17.3 Å². The largest absolute Gasteiger partial charge is 0.378 e. The molecule has 1 aliphatic heterocycles. The summed E-state index contributed by atoms with van der Waals surface area (Å²) in [5.41, 5.74) is 0.382. The molecule has 7 heteroatoms. The summed E-state index contributed by atoms with van der Waals surface area (Å²) in [4.78, 5) is 21.9. The van der Waals surface area contributed by atoms with Gasteiger partial charge in [-0.15, -0.1) is 0 Å². The van der Waals surface area contributed by atoms with Crippen LogP contribution in [-0.2, 0) is 9.53 Å². The Morgan fingerprint density at radius 1 is 1.58 bits per heavy atom. The molecule has 7 nitrogen and oxygen atoms in total. The van der Waals surface area contributed by atoms with Crippen molar-refractivity contribution in [1.82, 2.24) is 5.32 Å². The number of benzene rings is 1. The minimum Gasteiger partial charge on any atom is -0.378 e. The van der Waals surface area contributed by atoms with Gasteiger partial charge in [0.15, 0.2) is 0 Å². The second-order valence-corrected chi connectivity index (χ2v) is 4.29. The first kappa shape index (κ1) is 13.4. The van der Waals surface area contributed by atoms with Gasteiger partial charge in [0.1, 0.15) is 0 Å². The molecule has 0 aromatic heterocycles. The van der Waals surface area contributed by atoms with Gasteiger partial charge in [-0.2, -0.15) is 0 Å². The molecule has 0 radical (unpaired) electrons. The molecule has 0 spiro atoms. The van der Waals surface area contributed by atoms with Crippen molar-refractivity contribution in [2.75, 3.05) is 25.1 Å². The number of amides is 1. The highest BCUT2D eigenvalue weighted by molar-refractivity contribution is 5.91. The maximum atomic E-state index is 11.8. The number of rotatable bonds is 4. The number of anilines is 1. The molecule has 102 valence electrons. The standard InChI is InChI=1S/C12H15N3O4/c16-12(7-10-8-19-5-4-13-10)14-9-2-1-3-11(6-9)15(17)18/h1-3,6,10,13H,4-5,7-8H2,(H,14,16). The van der Waals surface area contributed by atoms with Gasteiger partial charge in [-0.1, -0.05) is 6.07 Å². The molecule has 1 atom stereocenters. The third-order valence-corrected chi connectivity index (χ3v) is 2.77. The minimum absolute atomic E-state index is 0.00699. The monoisotopic (exact) mass is 265 g/mol. The van der Waals surface area contributed by atoms with Gasteiger partial charge in [-0.25, -0.2) is 0 Å². The maximum absolute atomic E-state index is 11.8. The zero-order valence-corrected chi connectivity index (χ0v) is 10.3. The van der Waals surface area contributed by atoms with Gasteiger partial charge in [0.2, 0.25) is 5.91 Å². The molecule has 1 heterocycles. The van der Waals surface area contributed by atoms with E-state index in [1.54, 1.807) is 6.07 Å². The summed E-state index contributed by atoms with van der Waals surface area (Å²) < 4.78 is 5.25. The van der Waals surface area contributed by atoms with E-state index in [9.17, 15) is 14.9 Å². The topological polar surface area (TPSA) is 93.5 Å². The number of nitro benzene ring substituents is 1. The lowest BCUT2D eigenvalue weighted by Gasteiger charge is -2.23. The van der Waals surface area contributed by atoms with Gasteiger partial charge in [0.05, 0.1) is 18.1 Å². The Morgan fingerprint density at radius 2 is 2.42 bits per heavy atom. The van der Waals surface area contributed by atoms with E-state index in [1.165, 1.54) is 18.2 Å². The first-order valence-electron chi connectivity index (χ1n) is 6.00. The summed E-state index contributed by atoms with van der Waals surface area (Å²) in [6, 6.07) is 5.87. The molecule has 1 unspecified atom stereocenters. The molecule has 1 aromatic rings. The summed E-state index contributed by atoms with van der Waals surface area (Å²) in [6.07, 6.45) is 0.280. The van der Waals surface area contributed by atoms with Crippen LogP contribution in [0.1, 0.15) is 6.42 Å². The van der Waals surface area contributed by atoms with Crippen molar-refractivity contribution < 1.29 is 14.5 Å². The predicted octanol–water partition coefficient (Wildman–Crippen LogP) is 0.912. The molecular formula is C12H15N3O4. The first-order chi connectivity index (χ1) is 9.15. The number of carbonyl (C=O) groups is 1. The fourth-order valence-electron chi connectivity index (χ4n) is 1.88. The number of non-ortho nitro benzene ring substituents is 1. The van der Waals surface area contributed by atoms with Crippen molar-refractivity contribution in [2.24, 2.45) is 0 Å². The quantitative estimate of drug-likeness (QED) is 0.623. The van der Waals surface area contributed by atoms with E-state index in [0.717, 1.165) is 6.54 Å². The van der Waals surface area contributed by atoms with Crippen LogP contribution in [0.2, 0.25) is 0 Å². The number of nitrogens with one attached hydrogen (secondary N) is 2. The van der Waals surface area contributed by atoms with Gasteiger partial charge in [0.25, 0.3) is 5.69 Å². The smallest absolute Gasteiger partial charge is 0.271 e. The Labute approximate surface area is 110 Å². The van der Waals surface area contributed by atoms with Crippen LogP contribution in [0.4, 0.5) is 11.4 Å². The molecule has 1 aromatic carbocycles. The second kappa shape index (κ2) is 6.26. The minimum atomic E-state index is -0.494. The summed E-state index contributed by atoms with van der Waals surface area (Å²) in [5.74, 6) is -0.191. The van der Waals surface area contributed by atoms with Crippen molar-refractivity contribution in [1.29, 1.82) is 0 Å². The Balaban J connectivity index is 1.90. The molecule has 0 saturated carbocycles. The Kier molecular flexibility index (Phi) is 4.43. The highest BCUT2D eigenvalue weighted by Gasteiger charge is 2.17. The van der Waals surface area contributed by atoms with E-state index in [4.69, 9.17) is 4.74 Å². The maximum Gasteiger partial charge on any atom is 0.271 e. The SMILES string of the molecule is O=C(CC1COCCN1)Nc1cccc([N+](=O)[O-])c1. The molecule has 0 bridgehead atoms.